The summed E-state index contributed by atoms with van der Waals surface area (Å²) >= 11 is 0. The summed E-state index contributed by atoms with van der Waals surface area (Å²) in [5, 5.41) is 0. The molecule has 0 heteroatoms. The molecule has 0 aliphatic carbocycles. The molecule has 2 aromatic rings. The van der Waals surface area contributed by atoms with Gasteiger partial charge in [-0.25, -0.2) is 0 Å². The lowest BCUT2D eigenvalue weighted by molar-refractivity contribution is 0.590. The Morgan fingerprint density at radius 2 is 0.621 bits per heavy atom. The van der Waals surface area contributed by atoms with Crippen molar-refractivity contribution in [2.24, 2.45) is 0 Å². The van der Waals surface area contributed by atoms with Gasteiger partial charge in [-0.05, 0) is 39.5 Å². The smallest absolute Gasteiger partial charge is 0.00258 e. The monoisotopic (exact) mass is 400 g/mol. The highest BCUT2D eigenvalue weighted by Gasteiger charge is 2.14. The average Bonchev–Trinajstić information content (AvgIpc) is 2.73. The lowest BCUT2D eigenvalue weighted by Gasteiger charge is -2.20. The Kier molecular flexibility index (Phi) is 19.2. The van der Waals surface area contributed by atoms with E-state index in [4.69, 9.17) is 0 Å². The van der Waals surface area contributed by atoms with Crippen LogP contribution in [0, 0.1) is 0 Å². The first-order valence-corrected chi connectivity index (χ1v) is 11.8. The Bertz CT molecular complexity index is 516. The lowest BCUT2D eigenvalue weighted by atomic mass is 9.85. The lowest BCUT2D eigenvalue weighted by Crippen LogP contribution is -2.11. The van der Waals surface area contributed by atoms with Crippen molar-refractivity contribution in [3.63, 3.8) is 0 Å². The summed E-state index contributed by atoms with van der Waals surface area (Å²) < 4.78 is 0. The largest absolute Gasteiger partial charge is 0.0683 e. The Morgan fingerprint density at radius 1 is 0.414 bits per heavy atom. The fraction of sp³-hybridized carbons (Fsp3) is 0.586. The number of benzene rings is 2. The van der Waals surface area contributed by atoms with Gasteiger partial charge in [0, 0.05) is 0 Å². The highest BCUT2D eigenvalue weighted by Crippen LogP contribution is 2.24. The summed E-state index contributed by atoms with van der Waals surface area (Å²) in [4.78, 5) is 0. The summed E-state index contributed by atoms with van der Waals surface area (Å²) in [7, 11) is 0. The van der Waals surface area contributed by atoms with E-state index in [1.807, 2.05) is 55.4 Å². The van der Waals surface area contributed by atoms with Crippen molar-refractivity contribution in [2.45, 2.75) is 114 Å². The fourth-order valence-corrected chi connectivity index (χ4v) is 2.48. The molecule has 0 aliphatic rings. The molecule has 0 amide bonds. The molecule has 0 heterocycles. The molecule has 0 radical (unpaired) electrons. The Morgan fingerprint density at radius 3 is 0.793 bits per heavy atom. The van der Waals surface area contributed by atoms with Gasteiger partial charge in [-0.3, -0.25) is 0 Å². The molecule has 29 heavy (non-hydrogen) atoms. The zero-order valence-corrected chi connectivity index (χ0v) is 22.3. The van der Waals surface area contributed by atoms with Gasteiger partial charge in [0.05, 0.1) is 0 Å². The van der Waals surface area contributed by atoms with E-state index in [0.29, 0.717) is 0 Å². The van der Waals surface area contributed by atoms with Gasteiger partial charge in [-0.2, -0.15) is 0 Å². The third-order valence-electron chi connectivity index (χ3n) is 4.05. The van der Waals surface area contributed by atoms with Crippen molar-refractivity contribution in [1.82, 2.24) is 0 Å². The van der Waals surface area contributed by atoms with Crippen molar-refractivity contribution in [3.8, 4) is 0 Å². The summed E-state index contributed by atoms with van der Waals surface area (Å²) in [5.74, 6) is 0. The van der Waals surface area contributed by atoms with Crippen LogP contribution < -0.4 is 0 Å². The van der Waals surface area contributed by atoms with Crippen LogP contribution in [0.4, 0.5) is 0 Å². The first-order valence-electron chi connectivity index (χ1n) is 11.8. The quantitative estimate of drug-likeness (QED) is 0.470. The molecule has 168 valence electrons. The van der Waals surface area contributed by atoms with Crippen molar-refractivity contribution < 1.29 is 0 Å². The molecule has 0 atom stereocenters. The molecule has 0 saturated carbocycles. The number of rotatable bonds is 2. The second-order valence-electron chi connectivity index (χ2n) is 8.07. The molecule has 0 saturated heterocycles. The van der Waals surface area contributed by atoms with Crippen LogP contribution in [-0.2, 0) is 17.3 Å². The average molecular weight is 401 g/mol. The highest BCUT2D eigenvalue weighted by molar-refractivity contribution is 5.33. The minimum atomic E-state index is 0.229. The number of hydrogen-bond acceptors (Lipinski definition) is 0. The van der Waals surface area contributed by atoms with Gasteiger partial charge in [0.1, 0.15) is 0 Å². The van der Waals surface area contributed by atoms with Gasteiger partial charge in [0.25, 0.3) is 0 Å². The van der Waals surface area contributed by atoms with E-state index >= 15 is 0 Å². The molecule has 0 unspecified atom stereocenters. The molecule has 2 aromatic carbocycles. The zero-order valence-electron chi connectivity index (χ0n) is 22.3. The Balaban J connectivity index is -0.000000754. The molecule has 0 spiro atoms. The summed E-state index contributed by atoms with van der Waals surface area (Å²) in [6.45, 7) is 29.5. The van der Waals surface area contributed by atoms with E-state index in [1.54, 1.807) is 0 Å². The van der Waals surface area contributed by atoms with E-state index in [1.165, 1.54) is 22.3 Å². The second-order valence-corrected chi connectivity index (χ2v) is 8.07. The summed E-state index contributed by atoms with van der Waals surface area (Å²) in [5.41, 5.74) is 6.02. The zero-order chi connectivity index (χ0) is 23.7. The number of hydrogen-bond donors (Lipinski definition) is 0. The summed E-state index contributed by atoms with van der Waals surface area (Å²) in [6.07, 6.45) is 1.01. The normalized spacial score (nSPS) is 9.86. The highest BCUT2D eigenvalue weighted by atomic mass is 14.2. The predicted molar refractivity (Wildman–Crippen MR) is 138 cm³/mol. The second kappa shape index (κ2) is 17.3. The van der Waals surface area contributed by atoms with Gasteiger partial charge in [0.15, 0.2) is 0 Å². The maximum absolute atomic E-state index is 2.26. The van der Waals surface area contributed by atoms with Gasteiger partial charge >= 0.3 is 0 Å². The van der Waals surface area contributed by atoms with Gasteiger partial charge in [0.2, 0.25) is 0 Å². The van der Waals surface area contributed by atoms with Gasteiger partial charge < -0.3 is 0 Å². The van der Waals surface area contributed by atoms with Crippen molar-refractivity contribution in [3.05, 3.63) is 70.8 Å². The third kappa shape index (κ3) is 13.3. The van der Waals surface area contributed by atoms with E-state index < -0.39 is 0 Å². The van der Waals surface area contributed by atoms with E-state index in [-0.39, 0.29) is 10.8 Å². The van der Waals surface area contributed by atoms with E-state index in [2.05, 4.69) is 90.1 Å². The Hall–Kier alpha value is -1.56. The van der Waals surface area contributed by atoms with Crippen LogP contribution in [0.3, 0.4) is 0 Å². The standard InChI is InChI=1S/C21H28.4C2H6/c1-20(2,3)18-11-7-16(8-12-18)15-17-9-13-19(14-10-17)21(4,5)6;4*1-2/h7-14H,15H2,1-6H3;4*1-2H3. The molecule has 0 aromatic heterocycles. The summed E-state index contributed by atoms with van der Waals surface area (Å²) in [6, 6.07) is 18.1. The fourth-order valence-electron chi connectivity index (χ4n) is 2.48. The molecule has 0 bridgehead atoms. The molecule has 0 N–H and O–H groups in total. The predicted octanol–water partition coefficient (Wildman–Crippen LogP) is 9.98. The maximum Gasteiger partial charge on any atom is -0.00258 e. The maximum atomic E-state index is 2.26. The minimum absolute atomic E-state index is 0.229. The van der Waals surface area contributed by atoms with Crippen LogP contribution in [-0.4, -0.2) is 0 Å². The van der Waals surface area contributed by atoms with Crippen LogP contribution in [0.2, 0.25) is 0 Å². The van der Waals surface area contributed by atoms with Crippen molar-refractivity contribution >= 4 is 0 Å². The Labute approximate surface area is 185 Å². The van der Waals surface area contributed by atoms with Crippen LogP contribution in [0.1, 0.15) is 119 Å². The molecule has 0 nitrogen and oxygen atoms in total. The van der Waals surface area contributed by atoms with Gasteiger partial charge in [-0.15, -0.1) is 0 Å². The topological polar surface area (TPSA) is 0 Å². The van der Waals surface area contributed by atoms with Crippen LogP contribution in [0.25, 0.3) is 0 Å². The molecule has 2 rings (SSSR count). The van der Waals surface area contributed by atoms with Crippen molar-refractivity contribution in [1.29, 1.82) is 0 Å². The van der Waals surface area contributed by atoms with Gasteiger partial charge in [-0.1, -0.05) is 145 Å². The van der Waals surface area contributed by atoms with E-state index in [0.717, 1.165) is 6.42 Å². The van der Waals surface area contributed by atoms with Crippen LogP contribution in [0.15, 0.2) is 48.5 Å². The van der Waals surface area contributed by atoms with Crippen molar-refractivity contribution in [2.75, 3.05) is 0 Å². The molecule has 0 aliphatic heterocycles. The van der Waals surface area contributed by atoms with Crippen LogP contribution in [0.5, 0.6) is 0 Å². The molecular weight excluding hydrogens is 348 g/mol. The first kappa shape index (κ1) is 32.1. The first-order chi connectivity index (χ1) is 13.7. The van der Waals surface area contributed by atoms with E-state index in [9.17, 15) is 0 Å². The molecular formula is C29H52. The van der Waals surface area contributed by atoms with Crippen LogP contribution >= 0.6 is 0 Å². The third-order valence-corrected chi connectivity index (χ3v) is 4.05. The SMILES string of the molecule is CC.CC.CC.CC.CC(C)(C)c1ccc(Cc2ccc(C(C)(C)C)cc2)cc1. The molecule has 0 fully saturated rings. The minimum Gasteiger partial charge on any atom is -0.0683 e.